The first kappa shape index (κ1) is 12.8. The fourth-order valence-electron chi connectivity index (χ4n) is 1.80. The molecule has 0 fully saturated rings. The molecule has 2 rings (SSSR count). The minimum Gasteiger partial charge on any atom is -0.448 e. The molecule has 0 saturated heterocycles. The Kier molecular flexibility index (Phi) is 3.33. The molecule has 0 aliphatic carbocycles. The number of benzene rings is 1. The van der Waals surface area contributed by atoms with Crippen LogP contribution in [0.4, 0.5) is 11.4 Å². The van der Waals surface area contributed by atoms with Gasteiger partial charge in [0.1, 0.15) is 0 Å². The van der Waals surface area contributed by atoms with Crippen molar-refractivity contribution >= 4 is 11.4 Å². The highest BCUT2D eigenvalue weighted by atomic mass is 16.6. The highest BCUT2D eigenvalue weighted by Gasteiger charge is 2.19. The number of nitro benzene ring substituents is 1. The number of aryl methyl sites for hydroxylation is 2. The maximum absolute atomic E-state index is 11.1. The SMILES string of the molecule is Cc1cc(C)c(Oc2ccncc2N)c([N+](=O)[O-])c1. The second-order valence-corrected chi connectivity index (χ2v) is 4.20. The fourth-order valence-corrected chi connectivity index (χ4v) is 1.80. The largest absolute Gasteiger partial charge is 0.448 e. The van der Waals surface area contributed by atoms with Crippen molar-refractivity contribution < 1.29 is 9.66 Å². The van der Waals surface area contributed by atoms with Gasteiger partial charge in [0.25, 0.3) is 0 Å². The highest BCUT2D eigenvalue weighted by molar-refractivity contribution is 5.58. The van der Waals surface area contributed by atoms with E-state index in [1.165, 1.54) is 18.5 Å². The van der Waals surface area contributed by atoms with E-state index < -0.39 is 4.92 Å². The number of nitrogens with two attached hydrogens (primary N) is 1. The Labute approximate surface area is 110 Å². The van der Waals surface area contributed by atoms with Crippen molar-refractivity contribution in [1.29, 1.82) is 0 Å². The molecular formula is C13H13N3O3. The molecule has 0 radical (unpaired) electrons. The number of pyridine rings is 1. The third-order valence-corrected chi connectivity index (χ3v) is 2.62. The van der Waals surface area contributed by atoms with Crippen molar-refractivity contribution in [2.24, 2.45) is 0 Å². The molecule has 0 saturated carbocycles. The van der Waals surface area contributed by atoms with Crippen LogP contribution >= 0.6 is 0 Å². The summed E-state index contributed by atoms with van der Waals surface area (Å²) in [5.74, 6) is 0.554. The number of aromatic nitrogens is 1. The van der Waals surface area contributed by atoms with Crippen molar-refractivity contribution in [3.63, 3.8) is 0 Å². The number of anilines is 1. The Balaban J connectivity index is 2.51. The molecule has 0 atom stereocenters. The molecule has 2 N–H and O–H groups in total. The molecule has 1 aromatic carbocycles. The molecule has 0 spiro atoms. The van der Waals surface area contributed by atoms with Crippen molar-refractivity contribution in [2.75, 3.05) is 5.73 Å². The lowest BCUT2D eigenvalue weighted by Crippen LogP contribution is -1.99. The van der Waals surface area contributed by atoms with E-state index in [9.17, 15) is 10.1 Å². The van der Waals surface area contributed by atoms with E-state index in [1.807, 2.05) is 6.07 Å². The zero-order valence-corrected chi connectivity index (χ0v) is 10.6. The molecule has 6 nitrogen and oxygen atoms in total. The molecule has 98 valence electrons. The maximum Gasteiger partial charge on any atom is 0.312 e. The van der Waals surface area contributed by atoms with Gasteiger partial charge in [-0.1, -0.05) is 6.07 Å². The summed E-state index contributed by atoms with van der Waals surface area (Å²) in [4.78, 5) is 14.5. The van der Waals surface area contributed by atoms with Gasteiger partial charge in [0.05, 0.1) is 16.8 Å². The lowest BCUT2D eigenvalue weighted by molar-refractivity contribution is -0.385. The van der Waals surface area contributed by atoms with Crippen LogP contribution in [-0.4, -0.2) is 9.91 Å². The van der Waals surface area contributed by atoms with Crippen LogP contribution in [0.1, 0.15) is 11.1 Å². The number of hydrogen-bond donors (Lipinski definition) is 1. The summed E-state index contributed by atoms with van der Waals surface area (Å²) < 4.78 is 5.58. The van der Waals surface area contributed by atoms with E-state index in [-0.39, 0.29) is 11.4 Å². The fraction of sp³-hybridized carbons (Fsp3) is 0.154. The molecule has 0 aliphatic heterocycles. The first-order valence-corrected chi connectivity index (χ1v) is 5.62. The summed E-state index contributed by atoms with van der Waals surface area (Å²) in [5.41, 5.74) is 7.46. The summed E-state index contributed by atoms with van der Waals surface area (Å²) in [6.45, 7) is 3.55. The minimum absolute atomic E-state index is 0.0753. The normalized spacial score (nSPS) is 10.2. The highest BCUT2D eigenvalue weighted by Crippen LogP contribution is 2.37. The Morgan fingerprint density at radius 3 is 2.74 bits per heavy atom. The number of nitrogen functional groups attached to an aromatic ring is 1. The van der Waals surface area contributed by atoms with Crippen LogP contribution in [0.5, 0.6) is 11.5 Å². The van der Waals surface area contributed by atoms with Crippen LogP contribution in [0, 0.1) is 24.0 Å². The maximum atomic E-state index is 11.1. The lowest BCUT2D eigenvalue weighted by Gasteiger charge is -2.11. The van der Waals surface area contributed by atoms with Crippen molar-refractivity contribution in [3.05, 3.63) is 51.8 Å². The smallest absolute Gasteiger partial charge is 0.312 e. The van der Waals surface area contributed by atoms with E-state index in [2.05, 4.69) is 4.98 Å². The van der Waals surface area contributed by atoms with Gasteiger partial charge < -0.3 is 10.5 Å². The Bertz CT molecular complexity index is 641. The zero-order chi connectivity index (χ0) is 14.0. The Morgan fingerprint density at radius 2 is 2.11 bits per heavy atom. The van der Waals surface area contributed by atoms with Crippen molar-refractivity contribution in [1.82, 2.24) is 4.98 Å². The Hall–Kier alpha value is -2.63. The molecule has 0 amide bonds. The second kappa shape index (κ2) is 4.93. The molecule has 0 bridgehead atoms. The van der Waals surface area contributed by atoms with Crippen LogP contribution in [0.3, 0.4) is 0 Å². The van der Waals surface area contributed by atoms with E-state index in [0.717, 1.165) is 5.56 Å². The third kappa shape index (κ3) is 2.62. The second-order valence-electron chi connectivity index (χ2n) is 4.20. The summed E-state index contributed by atoms with van der Waals surface area (Å²) in [6, 6.07) is 4.86. The molecule has 0 aliphatic rings. The van der Waals surface area contributed by atoms with Gasteiger partial charge in [-0.2, -0.15) is 0 Å². The number of nitro groups is 1. The quantitative estimate of drug-likeness (QED) is 0.675. The number of rotatable bonds is 3. The van der Waals surface area contributed by atoms with Crippen LogP contribution < -0.4 is 10.5 Å². The van der Waals surface area contributed by atoms with E-state index in [4.69, 9.17) is 10.5 Å². The summed E-state index contributed by atoms with van der Waals surface area (Å²) in [6.07, 6.45) is 2.95. The van der Waals surface area contributed by atoms with Crippen LogP contribution in [-0.2, 0) is 0 Å². The predicted molar refractivity (Wildman–Crippen MR) is 71.3 cm³/mol. The van der Waals surface area contributed by atoms with Gasteiger partial charge in [-0.15, -0.1) is 0 Å². The molecule has 1 heterocycles. The lowest BCUT2D eigenvalue weighted by atomic mass is 10.1. The van der Waals surface area contributed by atoms with Gasteiger partial charge in [-0.05, 0) is 25.0 Å². The molecule has 19 heavy (non-hydrogen) atoms. The first-order valence-electron chi connectivity index (χ1n) is 5.62. The molecule has 6 heteroatoms. The Morgan fingerprint density at radius 1 is 1.37 bits per heavy atom. The molecule has 0 unspecified atom stereocenters. The summed E-state index contributed by atoms with van der Waals surface area (Å²) in [5, 5.41) is 11.1. The average Bonchev–Trinajstić information content (AvgIpc) is 2.34. The van der Waals surface area contributed by atoms with Gasteiger partial charge in [0.15, 0.2) is 5.75 Å². The number of nitrogens with zero attached hydrogens (tertiary/aromatic N) is 2. The summed E-state index contributed by atoms with van der Waals surface area (Å²) >= 11 is 0. The van der Waals surface area contributed by atoms with Crippen LogP contribution in [0.25, 0.3) is 0 Å². The molecule has 1 aromatic heterocycles. The summed E-state index contributed by atoms with van der Waals surface area (Å²) in [7, 11) is 0. The van der Waals surface area contributed by atoms with Crippen molar-refractivity contribution in [3.8, 4) is 11.5 Å². The van der Waals surface area contributed by atoms with Gasteiger partial charge in [-0.25, -0.2) is 0 Å². The van der Waals surface area contributed by atoms with Gasteiger partial charge in [0.2, 0.25) is 5.75 Å². The first-order chi connectivity index (χ1) is 8.99. The zero-order valence-electron chi connectivity index (χ0n) is 10.6. The predicted octanol–water partition coefficient (Wildman–Crippen LogP) is 2.98. The average molecular weight is 259 g/mol. The number of hydrogen-bond acceptors (Lipinski definition) is 5. The van der Waals surface area contributed by atoms with Crippen molar-refractivity contribution in [2.45, 2.75) is 13.8 Å². The number of ether oxygens (including phenoxy) is 1. The van der Waals surface area contributed by atoms with Crippen LogP contribution in [0.2, 0.25) is 0 Å². The topological polar surface area (TPSA) is 91.3 Å². The standard InChI is InChI=1S/C13H13N3O3/c1-8-5-9(2)13(11(6-8)16(17)18)19-12-3-4-15-7-10(12)14/h3-7H,14H2,1-2H3. The third-order valence-electron chi connectivity index (χ3n) is 2.62. The van der Waals surface area contributed by atoms with Crippen LogP contribution in [0.15, 0.2) is 30.6 Å². The van der Waals surface area contributed by atoms with Gasteiger partial charge in [0, 0.05) is 18.3 Å². The van der Waals surface area contributed by atoms with Gasteiger partial charge in [-0.3, -0.25) is 15.1 Å². The van der Waals surface area contributed by atoms with E-state index in [0.29, 0.717) is 17.0 Å². The van der Waals surface area contributed by atoms with Gasteiger partial charge >= 0.3 is 5.69 Å². The molecule has 2 aromatic rings. The van der Waals surface area contributed by atoms with E-state index >= 15 is 0 Å². The monoisotopic (exact) mass is 259 g/mol. The van der Waals surface area contributed by atoms with E-state index in [1.54, 1.807) is 19.9 Å². The minimum atomic E-state index is -0.466. The molecular weight excluding hydrogens is 246 g/mol.